The molecule has 0 saturated heterocycles. The van der Waals surface area contributed by atoms with Gasteiger partial charge in [-0.15, -0.1) is 0 Å². The predicted molar refractivity (Wildman–Crippen MR) is 71.2 cm³/mol. The molecule has 0 aliphatic heterocycles. The second-order valence-corrected chi connectivity index (χ2v) is 4.80. The van der Waals surface area contributed by atoms with Crippen LogP contribution in [0.2, 0.25) is 5.02 Å². The average molecular weight is 291 g/mol. The Morgan fingerprint density at radius 3 is 2.37 bits per heavy atom. The molecule has 0 atom stereocenters. The average Bonchev–Trinajstić information content (AvgIpc) is 2.40. The van der Waals surface area contributed by atoms with E-state index in [2.05, 4.69) is 5.32 Å². The normalized spacial score (nSPS) is 11.5. The van der Waals surface area contributed by atoms with Crippen LogP contribution in [0.25, 0.3) is 0 Å². The summed E-state index contributed by atoms with van der Waals surface area (Å²) in [6.45, 7) is 3.97. The van der Waals surface area contributed by atoms with Gasteiger partial charge in [0.1, 0.15) is 11.6 Å². The largest absolute Gasteiger partial charge is 0.345 e. The molecule has 1 aromatic rings. The molecule has 1 rings (SSSR count). The van der Waals surface area contributed by atoms with Crippen molar-refractivity contribution >= 4 is 17.5 Å². The van der Waals surface area contributed by atoms with Crippen LogP contribution in [0.15, 0.2) is 12.1 Å². The van der Waals surface area contributed by atoms with E-state index in [9.17, 15) is 13.6 Å². The molecule has 0 saturated carbocycles. The highest BCUT2D eigenvalue weighted by atomic mass is 35.5. The molecule has 0 aliphatic rings. The number of carbonyl (C=O) groups is 1. The quantitative estimate of drug-likeness (QED) is 0.819. The summed E-state index contributed by atoms with van der Waals surface area (Å²) in [4.78, 5) is 12.0. The van der Waals surface area contributed by atoms with Gasteiger partial charge in [-0.2, -0.15) is 0 Å². The molecule has 0 spiro atoms. The minimum absolute atomic E-state index is 0.226. The van der Waals surface area contributed by atoms with Crippen molar-refractivity contribution in [1.29, 1.82) is 0 Å². The Morgan fingerprint density at radius 2 is 1.89 bits per heavy atom. The van der Waals surface area contributed by atoms with E-state index in [1.807, 2.05) is 13.8 Å². The molecule has 0 aliphatic carbocycles. The molecule has 1 amide bonds. The van der Waals surface area contributed by atoms with E-state index in [1.54, 1.807) is 0 Å². The Bertz CT molecular complexity index is 468. The van der Waals surface area contributed by atoms with Crippen molar-refractivity contribution in [2.45, 2.75) is 32.2 Å². The van der Waals surface area contributed by atoms with E-state index < -0.39 is 23.1 Å². The van der Waals surface area contributed by atoms with Gasteiger partial charge in [0.2, 0.25) is 0 Å². The van der Waals surface area contributed by atoms with Crippen LogP contribution in [0.5, 0.6) is 0 Å². The van der Waals surface area contributed by atoms with E-state index in [4.69, 9.17) is 17.3 Å². The van der Waals surface area contributed by atoms with Gasteiger partial charge >= 0.3 is 0 Å². The van der Waals surface area contributed by atoms with Gasteiger partial charge < -0.3 is 11.1 Å². The molecule has 0 heterocycles. The maximum atomic E-state index is 13.6. The maximum absolute atomic E-state index is 13.6. The third kappa shape index (κ3) is 3.42. The van der Waals surface area contributed by atoms with Gasteiger partial charge in [-0.1, -0.05) is 25.4 Å². The Balaban J connectivity index is 3.04. The lowest BCUT2D eigenvalue weighted by atomic mass is 9.92. The second kappa shape index (κ2) is 6.30. The van der Waals surface area contributed by atoms with Crippen LogP contribution in [0.1, 0.15) is 37.0 Å². The van der Waals surface area contributed by atoms with Crippen molar-refractivity contribution in [3.63, 3.8) is 0 Å². The van der Waals surface area contributed by atoms with E-state index >= 15 is 0 Å². The van der Waals surface area contributed by atoms with Crippen molar-refractivity contribution in [3.05, 3.63) is 34.4 Å². The number of nitrogens with two attached hydrogens (primary N) is 1. The van der Waals surface area contributed by atoms with Gasteiger partial charge in [0.05, 0.1) is 16.1 Å². The third-order valence-corrected chi connectivity index (χ3v) is 3.67. The van der Waals surface area contributed by atoms with E-state index in [0.717, 1.165) is 12.1 Å². The monoisotopic (exact) mass is 290 g/mol. The standard InChI is InChI=1S/C13H17ClF2N2O/c1-3-13(4-2,7-17)18-12(19)8-5-11(16)9(14)6-10(8)15/h5-6H,3-4,7,17H2,1-2H3,(H,18,19). The molecule has 0 radical (unpaired) electrons. The van der Waals surface area contributed by atoms with E-state index in [0.29, 0.717) is 12.8 Å². The van der Waals surface area contributed by atoms with Crippen LogP contribution in [0, 0.1) is 11.6 Å². The molecule has 3 N–H and O–H groups in total. The number of carbonyl (C=O) groups excluding carboxylic acids is 1. The fourth-order valence-electron chi connectivity index (χ4n) is 1.77. The van der Waals surface area contributed by atoms with Crippen molar-refractivity contribution in [2.24, 2.45) is 5.73 Å². The highest BCUT2D eigenvalue weighted by Crippen LogP contribution is 2.21. The molecule has 1 aromatic carbocycles. The van der Waals surface area contributed by atoms with Crippen LogP contribution >= 0.6 is 11.6 Å². The predicted octanol–water partition coefficient (Wildman–Crippen LogP) is 2.87. The number of hydrogen-bond acceptors (Lipinski definition) is 2. The number of amides is 1. The van der Waals surface area contributed by atoms with Gasteiger partial charge in [-0.25, -0.2) is 8.78 Å². The number of benzene rings is 1. The zero-order valence-electron chi connectivity index (χ0n) is 10.9. The van der Waals surface area contributed by atoms with Crippen LogP contribution in [0.4, 0.5) is 8.78 Å². The molecular weight excluding hydrogens is 274 g/mol. The highest BCUT2D eigenvalue weighted by Gasteiger charge is 2.28. The second-order valence-electron chi connectivity index (χ2n) is 4.39. The highest BCUT2D eigenvalue weighted by molar-refractivity contribution is 6.30. The lowest BCUT2D eigenvalue weighted by Crippen LogP contribution is -2.53. The first-order valence-electron chi connectivity index (χ1n) is 6.06. The van der Waals surface area contributed by atoms with Gasteiger partial charge in [-0.3, -0.25) is 4.79 Å². The first-order chi connectivity index (χ1) is 8.89. The van der Waals surface area contributed by atoms with Crippen molar-refractivity contribution in [2.75, 3.05) is 6.54 Å². The summed E-state index contributed by atoms with van der Waals surface area (Å²) in [5, 5.41) is 2.31. The first-order valence-corrected chi connectivity index (χ1v) is 6.44. The summed E-state index contributed by atoms with van der Waals surface area (Å²) < 4.78 is 26.9. The lowest BCUT2D eigenvalue weighted by molar-refractivity contribution is 0.0890. The smallest absolute Gasteiger partial charge is 0.254 e. The van der Waals surface area contributed by atoms with Crippen molar-refractivity contribution < 1.29 is 13.6 Å². The fraction of sp³-hybridized carbons (Fsp3) is 0.462. The van der Waals surface area contributed by atoms with Crippen molar-refractivity contribution in [1.82, 2.24) is 5.32 Å². The van der Waals surface area contributed by atoms with Crippen LogP contribution in [-0.4, -0.2) is 18.0 Å². The van der Waals surface area contributed by atoms with Gasteiger partial charge in [-0.05, 0) is 25.0 Å². The Hall–Kier alpha value is -1.20. The van der Waals surface area contributed by atoms with Gasteiger partial charge in [0, 0.05) is 6.54 Å². The van der Waals surface area contributed by atoms with Crippen LogP contribution in [-0.2, 0) is 0 Å². The maximum Gasteiger partial charge on any atom is 0.254 e. The van der Waals surface area contributed by atoms with E-state index in [-0.39, 0.29) is 17.1 Å². The minimum Gasteiger partial charge on any atom is -0.345 e. The Kier molecular flexibility index (Phi) is 5.26. The number of halogens is 3. The summed E-state index contributed by atoms with van der Waals surface area (Å²) in [6.07, 6.45) is 1.20. The molecule has 19 heavy (non-hydrogen) atoms. The summed E-state index contributed by atoms with van der Waals surface area (Å²) >= 11 is 5.44. The molecule has 0 unspecified atom stereocenters. The Labute approximate surface area is 116 Å². The summed E-state index contributed by atoms with van der Waals surface area (Å²) in [5.74, 6) is -2.39. The van der Waals surface area contributed by atoms with Crippen LogP contribution < -0.4 is 11.1 Å². The molecule has 6 heteroatoms. The topological polar surface area (TPSA) is 55.1 Å². The number of rotatable bonds is 5. The zero-order valence-corrected chi connectivity index (χ0v) is 11.7. The van der Waals surface area contributed by atoms with Crippen LogP contribution in [0.3, 0.4) is 0 Å². The number of nitrogens with one attached hydrogen (secondary N) is 1. The zero-order chi connectivity index (χ0) is 14.6. The van der Waals surface area contributed by atoms with Gasteiger partial charge in [0.25, 0.3) is 5.91 Å². The molecule has 3 nitrogen and oxygen atoms in total. The lowest BCUT2D eigenvalue weighted by Gasteiger charge is -2.31. The summed E-state index contributed by atoms with van der Waals surface area (Å²) in [7, 11) is 0. The minimum atomic E-state index is -0.859. The third-order valence-electron chi connectivity index (χ3n) is 3.38. The SMILES string of the molecule is CCC(CC)(CN)NC(=O)c1cc(F)c(Cl)cc1F. The fourth-order valence-corrected chi connectivity index (χ4v) is 1.92. The Morgan fingerprint density at radius 1 is 1.32 bits per heavy atom. The van der Waals surface area contributed by atoms with Gasteiger partial charge in [0.15, 0.2) is 0 Å². The summed E-state index contributed by atoms with van der Waals surface area (Å²) in [5.41, 5.74) is 4.66. The van der Waals surface area contributed by atoms with Crippen molar-refractivity contribution in [3.8, 4) is 0 Å². The molecule has 0 fully saturated rings. The van der Waals surface area contributed by atoms with E-state index in [1.165, 1.54) is 0 Å². The molecular formula is C13H17ClF2N2O. The summed E-state index contributed by atoms with van der Waals surface area (Å²) in [6, 6.07) is 1.58. The molecule has 106 valence electrons. The molecule has 0 bridgehead atoms. The molecule has 0 aromatic heterocycles. The first kappa shape index (κ1) is 15.9. The number of hydrogen-bond donors (Lipinski definition) is 2.